The van der Waals surface area contributed by atoms with E-state index in [4.69, 9.17) is 11.6 Å². The number of hydrogen-bond donors (Lipinski definition) is 1. The van der Waals surface area contributed by atoms with Crippen LogP contribution >= 0.6 is 22.9 Å². The van der Waals surface area contributed by atoms with Gasteiger partial charge in [-0.1, -0.05) is 29.8 Å². The fourth-order valence-electron chi connectivity index (χ4n) is 2.99. The fraction of sp³-hybridized carbons (Fsp3) is 0.143. The lowest BCUT2D eigenvalue weighted by atomic mass is 10.2. The van der Waals surface area contributed by atoms with Crippen LogP contribution < -0.4 is 10.9 Å². The summed E-state index contributed by atoms with van der Waals surface area (Å²) in [4.78, 5) is 30.1. The fourth-order valence-corrected chi connectivity index (χ4v) is 3.82. The van der Waals surface area contributed by atoms with Gasteiger partial charge in [0, 0.05) is 22.5 Å². The first-order chi connectivity index (χ1) is 14.6. The summed E-state index contributed by atoms with van der Waals surface area (Å²) in [5, 5.41) is 10.1. The Bertz CT molecular complexity index is 1260. The second-order valence-corrected chi connectivity index (χ2v) is 7.97. The van der Waals surface area contributed by atoms with Gasteiger partial charge in [0.1, 0.15) is 11.7 Å². The van der Waals surface area contributed by atoms with Gasteiger partial charge in [-0.2, -0.15) is 5.10 Å². The lowest BCUT2D eigenvalue weighted by molar-refractivity contribution is -0.116. The van der Waals surface area contributed by atoms with Crippen molar-refractivity contribution in [3.8, 4) is 0 Å². The number of benzene rings is 1. The van der Waals surface area contributed by atoms with E-state index in [1.807, 2.05) is 35.7 Å². The Morgan fingerprint density at radius 3 is 2.97 bits per heavy atom. The molecule has 1 aromatic carbocycles. The summed E-state index contributed by atoms with van der Waals surface area (Å²) in [6.07, 6.45) is 6.29. The average molecular weight is 440 g/mol. The van der Waals surface area contributed by atoms with Crippen molar-refractivity contribution in [1.82, 2.24) is 24.6 Å². The van der Waals surface area contributed by atoms with Crippen LogP contribution in [0.3, 0.4) is 0 Å². The molecule has 0 saturated heterocycles. The van der Waals surface area contributed by atoms with Crippen molar-refractivity contribution in [1.29, 1.82) is 0 Å². The number of nitrogens with zero attached hydrogens (tertiary/aromatic N) is 4. The van der Waals surface area contributed by atoms with Crippen molar-refractivity contribution in [2.75, 3.05) is 6.54 Å². The monoisotopic (exact) mass is 439 g/mol. The Hall–Kier alpha value is -3.23. The maximum absolute atomic E-state index is 12.8. The van der Waals surface area contributed by atoms with Crippen LogP contribution in [0.5, 0.6) is 0 Å². The molecule has 0 fully saturated rings. The van der Waals surface area contributed by atoms with Crippen molar-refractivity contribution in [3.63, 3.8) is 0 Å². The van der Waals surface area contributed by atoms with Gasteiger partial charge in [-0.25, -0.2) is 9.67 Å². The predicted octanol–water partition coefficient (Wildman–Crippen LogP) is 3.19. The lowest BCUT2D eigenvalue weighted by Crippen LogP contribution is -2.26. The molecule has 4 aromatic rings. The van der Waals surface area contributed by atoms with Gasteiger partial charge in [0.2, 0.25) is 5.91 Å². The molecule has 1 N–H and O–H groups in total. The van der Waals surface area contributed by atoms with Crippen LogP contribution in [0.15, 0.2) is 65.2 Å². The van der Waals surface area contributed by atoms with Gasteiger partial charge in [-0.15, -0.1) is 11.3 Å². The van der Waals surface area contributed by atoms with Crippen molar-refractivity contribution in [3.05, 3.63) is 86.2 Å². The third-order valence-corrected chi connectivity index (χ3v) is 5.50. The number of amides is 1. The summed E-state index contributed by atoms with van der Waals surface area (Å²) in [7, 11) is 0. The summed E-state index contributed by atoms with van der Waals surface area (Å²) in [5.41, 5.74) is 1.23. The van der Waals surface area contributed by atoms with Gasteiger partial charge < -0.3 is 5.32 Å². The number of nitrogens with one attached hydrogen (secondary N) is 1. The van der Waals surface area contributed by atoms with E-state index in [0.29, 0.717) is 35.7 Å². The third-order valence-electron chi connectivity index (χ3n) is 4.43. The largest absolute Gasteiger partial charge is 0.351 e. The smallest absolute Gasteiger partial charge is 0.264 e. The molecule has 4 rings (SSSR count). The number of hydrogen-bond acceptors (Lipinski definition) is 5. The maximum atomic E-state index is 12.8. The molecular formula is C21H18ClN5O2S. The van der Waals surface area contributed by atoms with Gasteiger partial charge >= 0.3 is 0 Å². The predicted molar refractivity (Wildman–Crippen MR) is 119 cm³/mol. The molecule has 0 aliphatic carbocycles. The number of rotatable bonds is 7. The quantitative estimate of drug-likeness (QED) is 0.448. The molecule has 0 atom stereocenters. The highest BCUT2D eigenvalue weighted by Gasteiger charge is 2.10. The number of fused-ring (bicyclic) bond motifs is 1. The minimum Gasteiger partial charge on any atom is -0.351 e. The van der Waals surface area contributed by atoms with Crippen molar-refractivity contribution >= 4 is 46.0 Å². The van der Waals surface area contributed by atoms with E-state index in [9.17, 15) is 9.59 Å². The average Bonchev–Trinajstić information content (AvgIpc) is 3.39. The van der Waals surface area contributed by atoms with Gasteiger partial charge in [0.05, 0.1) is 19.3 Å². The molecule has 1 amide bonds. The Kier molecular flexibility index (Phi) is 6.06. The zero-order valence-corrected chi connectivity index (χ0v) is 17.4. The van der Waals surface area contributed by atoms with Crippen LogP contribution in [0.2, 0.25) is 5.02 Å². The molecule has 9 heteroatoms. The molecule has 0 bridgehead atoms. The Morgan fingerprint density at radius 2 is 2.17 bits per heavy atom. The van der Waals surface area contributed by atoms with E-state index in [1.165, 1.54) is 23.2 Å². The summed E-state index contributed by atoms with van der Waals surface area (Å²) in [6, 6.07) is 11.2. The minimum atomic E-state index is -0.184. The first-order valence-corrected chi connectivity index (χ1v) is 10.5. The van der Waals surface area contributed by atoms with Crippen LogP contribution in [-0.2, 0) is 17.9 Å². The van der Waals surface area contributed by atoms with Crippen LogP contribution in [0.4, 0.5) is 0 Å². The van der Waals surface area contributed by atoms with E-state index in [1.54, 1.807) is 28.2 Å². The Morgan fingerprint density at radius 1 is 1.27 bits per heavy atom. The van der Waals surface area contributed by atoms with Crippen LogP contribution in [0.1, 0.15) is 10.4 Å². The van der Waals surface area contributed by atoms with Crippen LogP contribution in [-0.4, -0.2) is 31.8 Å². The lowest BCUT2D eigenvalue weighted by Gasteiger charge is -2.07. The Labute approximate surface area is 181 Å². The molecule has 0 unspecified atom stereocenters. The molecule has 3 aromatic heterocycles. The highest BCUT2D eigenvalue weighted by atomic mass is 35.5. The second kappa shape index (κ2) is 9.06. The zero-order chi connectivity index (χ0) is 20.9. The van der Waals surface area contributed by atoms with E-state index in [0.717, 1.165) is 10.4 Å². The number of carbonyl (C=O) groups excluding carboxylic acids is 1. The SMILES string of the molecule is O=C(/C=C/c1cccs1)NCCn1ncc2c(=O)n(Cc3cccc(Cl)c3)cnc21. The molecule has 30 heavy (non-hydrogen) atoms. The summed E-state index contributed by atoms with van der Waals surface area (Å²) >= 11 is 7.58. The standard InChI is InChI=1S/C21H18ClN5O2S/c22-16-4-1-3-15(11-16)13-26-14-24-20-18(21(26)29)12-25-27(20)9-8-23-19(28)7-6-17-5-2-10-30-17/h1-7,10-12,14H,8-9,13H2,(H,23,28)/b7-6+. The first kappa shape index (κ1) is 20.1. The van der Waals surface area contributed by atoms with Crippen LogP contribution in [0, 0.1) is 0 Å². The van der Waals surface area contributed by atoms with Crippen LogP contribution in [0.25, 0.3) is 17.1 Å². The molecule has 7 nitrogen and oxygen atoms in total. The molecule has 0 spiro atoms. The van der Waals surface area contributed by atoms with Gasteiger partial charge in [0.15, 0.2) is 5.65 Å². The van der Waals surface area contributed by atoms with E-state index in [-0.39, 0.29) is 11.5 Å². The van der Waals surface area contributed by atoms with Crippen molar-refractivity contribution in [2.24, 2.45) is 0 Å². The number of carbonyl (C=O) groups is 1. The normalized spacial score (nSPS) is 11.4. The molecule has 0 saturated carbocycles. The number of aromatic nitrogens is 4. The molecule has 0 radical (unpaired) electrons. The van der Waals surface area contributed by atoms with Gasteiger partial charge in [-0.05, 0) is 35.2 Å². The molecular weight excluding hydrogens is 422 g/mol. The highest BCUT2D eigenvalue weighted by Crippen LogP contribution is 2.12. The van der Waals surface area contributed by atoms with Gasteiger partial charge in [-0.3, -0.25) is 14.2 Å². The minimum absolute atomic E-state index is 0.172. The van der Waals surface area contributed by atoms with E-state index < -0.39 is 0 Å². The molecule has 152 valence electrons. The molecule has 3 heterocycles. The first-order valence-electron chi connectivity index (χ1n) is 9.25. The second-order valence-electron chi connectivity index (χ2n) is 6.55. The molecule has 0 aliphatic rings. The van der Waals surface area contributed by atoms with Crippen molar-refractivity contribution < 1.29 is 4.79 Å². The summed E-state index contributed by atoms with van der Waals surface area (Å²) in [5.74, 6) is -0.184. The van der Waals surface area contributed by atoms with E-state index >= 15 is 0 Å². The van der Waals surface area contributed by atoms with E-state index in [2.05, 4.69) is 15.4 Å². The molecule has 0 aliphatic heterocycles. The summed E-state index contributed by atoms with van der Waals surface area (Å²) in [6.45, 7) is 1.16. The number of halogens is 1. The maximum Gasteiger partial charge on any atom is 0.264 e. The van der Waals surface area contributed by atoms with Crippen molar-refractivity contribution in [2.45, 2.75) is 13.1 Å². The van der Waals surface area contributed by atoms with Gasteiger partial charge in [0.25, 0.3) is 5.56 Å². The highest BCUT2D eigenvalue weighted by molar-refractivity contribution is 7.10. The Balaban J connectivity index is 1.41. The third kappa shape index (κ3) is 4.67. The zero-order valence-electron chi connectivity index (χ0n) is 15.9. The summed E-state index contributed by atoms with van der Waals surface area (Å²) < 4.78 is 3.14. The topological polar surface area (TPSA) is 81.8 Å². The number of thiophene rings is 1.